The van der Waals surface area contributed by atoms with Gasteiger partial charge in [-0.2, -0.15) is 0 Å². The summed E-state index contributed by atoms with van der Waals surface area (Å²) in [4.78, 5) is 21.9. The number of nitrogens with one attached hydrogen (secondary N) is 2. The van der Waals surface area contributed by atoms with Crippen molar-refractivity contribution in [3.8, 4) is 0 Å². The smallest absolute Gasteiger partial charge is 0.353 e. The Morgan fingerprint density at radius 1 is 1.43 bits per heavy atom. The topological polar surface area (TPSA) is 67.4 Å². The van der Waals surface area contributed by atoms with Crippen LogP contribution in [0.1, 0.15) is 19.8 Å². The molecule has 0 aliphatic heterocycles. The van der Waals surface area contributed by atoms with Gasteiger partial charge in [-0.05, 0) is 6.42 Å². The zero-order valence-electron chi connectivity index (χ0n) is 8.55. The summed E-state index contributed by atoms with van der Waals surface area (Å²) in [6.45, 7) is 5.95. The number of carbonyl (C=O) groups excluding carboxylic acids is 2. The molecular formula is C9H16N2O3. The van der Waals surface area contributed by atoms with E-state index < -0.39 is 12.0 Å². The number of methoxy groups -OCH3 is 1. The Kier molecular flexibility index (Phi) is 6.19. The van der Waals surface area contributed by atoms with Crippen LogP contribution in [0.3, 0.4) is 0 Å². The fourth-order valence-electron chi connectivity index (χ4n) is 0.734. The fraction of sp³-hybridized carbons (Fsp3) is 0.556. The molecule has 0 spiro atoms. The van der Waals surface area contributed by atoms with Gasteiger partial charge in [-0.15, -0.1) is 0 Å². The van der Waals surface area contributed by atoms with Crippen LogP contribution >= 0.6 is 0 Å². The molecule has 0 fully saturated rings. The Morgan fingerprint density at radius 3 is 2.57 bits per heavy atom. The fourth-order valence-corrected chi connectivity index (χ4v) is 0.734. The van der Waals surface area contributed by atoms with E-state index in [9.17, 15) is 9.59 Å². The normalized spacial score (nSPS) is 9.00. The third kappa shape index (κ3) is 5.18. The molecule has 0 aromatic carbocycles. The maximum absolute atomic E-state index is 11.1. The maximum Gasteiger partial charge on any atom is 0.353 e. The van der Waals surface area contributed by atoms with Crippen molar-refractivity contribution in [2.75, 3.05) is 13.7 Å². The largest absolute Gasteiger partial charge is 0.464 e. The average molecular weight is 200 g/mol. The number of amides is 2. The minimum Gasteiger partial charge on any atom is -0.464 e. The molecule has 5 nitrogen and oxygen atoms in total. The van der Waals surface area contributed by atoms with E-state index in [1.165, 1.54) is 7.11 Å². The summed E-state index contributed by atoms with van der Waals surface area (Å²) in [6.07, 6.45) is 1.90. The highest BCUT2D eigenvalue weighted by Crippen LogP contribution is 1.88. The van der Waals surface area contributed by atoms with E-state index >= 15 is 0 Å². The zero-order chi connectivity index (χ0) is 11.0. The van der Waals surface area contributed by atoms with Crippen molar-refractivity contribution in [1.29, 1.82) is 0 Å². The molecule has 0 aromatic heterocycles. The number of urea groups is 1. The van der Waals surface area contributed by atoms with Gasteiger partial charge in [0.05, 0.1) is 7.11 Å². The first-order valence-electron chi connectivity index (χ1n) is 4.43. The van der Waals surface area contributed by atoms with Gasteiger partial charge < -0.3 is 15.4 Å². The monoisotopic (exact) mass is 200 g/mol. The first kappa shape index (κ1) is 12.5. The predicted octanol–water partition coefficient (Wildman–Crippen LogP) is 0.772. The van der Waals surface area contributed by atoms with E-state index in [0.717, 1.165) is 12.8 Å². The molecule has 0 saturated heterocycles. The molecule has 0 atom stereocenters. The van der Waals surface area contributed by atoms with E-state index in [-0.39, 0.29) is 5.70 Å². The molecular weight excluding hydrogens is 184 g/mol. The molecule has 0 rings (SSSR count). The molecule has 2 N–H and O–H groups in total. The average Bonchev–Trinajstić information content (AvgIpc) is 2.16. The highest BCUT2D eigenvalue weighted by Gasteiger charge is 2.09. The Morgan fingerprint density at radius 2 is 2.07 bits per heavy atom. The number of rotatable bonds is 5. The van der Waals surface area contributed by atoms with Crippen LogP contribution in [0.2, 0.25) is 0 Å². The van der Waals surface area contributed by atoms with E-state index in [0.29, 0.717) is 6.54 Å². The van der Waals surface area contributed by atoms with Gasteiger partial charge in [0, 0.05) is 6.54 Å². The number of esters is 1. The summed E-state index contributed by atoms with van der Waals surface area (Å²) in [5.41, 5.74) is -0.0681. The van der Waals surface area contributed by atoms with Gasteiger partial charge in [0.2, 0.25) is 0 Å². The highest BCUT2D eigenvalue weighted by atomic mass is 16.5. The molecule has 5 heteroatoms. The molecule has 80 valence electrons. The van der Waals surface area contributed by atoms with Gasteiger partial charge in [0.25, 0.3) is 0 Å². The van der Waals surface area contributed by atoms with Crippen molar-refractivity contribution in [3.05, 3.63) is 12.3 Å². The van der Waals surface area contributed by atoms with Gasteiger partial charge in [-0.3, -0.25) is 0 Å². The highest BCUT2D eigenvalue weighted by molar-refractivity contribution is 5.92. The molecule has 0 aliphatic rings. The number of hydrogen-bond acceptors (Lipinski definition) is 3. The Hall–Kier alpha value is -1.52. The van der Waals surface area contributed by atoms with Crippen LogP contribution in [-0.4, -0.2) is 25.7 Å². The third-order valence-electron chi connectivity index (χ3n) is 1.51. The SMILES string of the molecule is C=C(NC(=O)NCCCC)C(=O)OC. The van der Waals surface area contributed by atoms with E-state index in [4.69, 9.17) is 0 Å². The number of ether oxygens (including phenoxy) is 1. The Bertz CT molecular complexity index is 226. The molecule has 0 radical (unpaired) electrons. The van der Waals surface area contributed by atoms with E-state index in [1.807, 2.05) is 6.92 Å². The first-order chi connectivity index (χ1) is 6.61. The van der Waals surface area contributed by atoms with Gasteiger partial charge in [-0.25, -0.2) is 9.59 Å². The lowest BCUT2D eigenvalue weighted by molar-refractivity contribution is -0.136. The molecule has 14 heavy (non-hydrogen) atoms. The van der Waals surface area contributed by atoms with E-state index in [1.54, 1.807) is 0 Å². The van der Waals surface area contributed by atoms with Crippen LogP contribution in [0.25, 0.3) is 0 Å². The number of carbonyl (C=O) groups is 2. The molecule has 0 bridgehead atoms. The lowest BCUT2D eigenvalue weighted by Gasteiger charge is -2.07. The molecule has 0 aromatic rings. The molecule has 0 aliphatic carbocycles. The minimum atomic E-state index is -0.643. The lowest BCUT2D eigenvalue weighted by atomic mass is 10.3. The van der Waals surface area contributed by atoms with Gasteiger partial charge in [0.1, 0.15) is 5.70 Å². The quantitative estimate of drug-likeness (QED) is 0.391. The van der Waals surface area contributed by atoms with Crippen molar-refractivity contribution < 1.29 is 14.3 Å². The maximum atomic E-state index is 11.1. The lowest BCUT2D eigenvalue weighted by Crippen LogP contribution is -2.37. The summed E-state index contributed by atoms with van der Waals surface area (Å²) < 4.78 is 4.36. The summed E-state index contributed by atoms with van der Waals surface area (Å²) in [7, 11) is 1.23. The summed E-state index contributed by atoms with van der Waals surface area (Å²) in [5.74, 6) is -0.643. The van der Waals surface area contributed by atoms with Crippen molar-refractivity contribution >= 4 is 12.0 Å². The second-order valence-corrected chi connectivity index (χ2v) is 2.70. The molecule has 0 saturated carbocycles. The zero-order valence-corrected chi connectivity index (χ0v) is 8.55. The summed E-state index contributed by atoms with van der Waals surface area (Å²) >= 11 is 0. The van der Waals surface area contributed by atoms with Crippen molar-refractivity contribution in [2.45, 2.75) is 19.8 Å². The first-order valence-corrected chi connectivity index (χ1v) is 4.43. The van der Waals surface area contributed by atoms with Crippen LogP contribution in [0, 0.1) is 0 Å². The second kappa shape index (κ2) is 6.94. The minimum absolute atomic E-state index is 0.0681. The van der Waals surface area contributed by atoms with Gasteiger partial charge >= 0.3 is 12.0 Å². The second-order valence-electron chi connectivity index (χ2n) is 2.70. The van der Waals surface area contributed by atoms with Crippen molar-refractivity contribution in [3.63, 3.8) is 0 Å². The van der Waals surface area contributed by atoms with E-state index in [2.05, 4.69) is 21.9 Å². The van der Waals surface area contributed by atoms with Crippen molar-refractivity contribution in [1.82, 2.24) is 10.6 Å². The number of hydrogen-bond donors (Lipinski definition) is 2. The van der Waals surface area contributed by atoms with Gasteiger partial charge in [-0.1, -0.05) is 19.9 Å². The van der Waals surface area contributed by atoms with Crippen LogP contribution in [0.5, 0.6) is 0 Å². The van der Waals surface area contributed by atoms with Crippen LogP contribution < -0.4 is 10.6 Å². The predicted molar refractivity (Wildman–Crippen MR) is 52.6 cm³/mol. The Balaban J connectivity index is 3.72. The van der Waals surface area contributed by atoms with Crippen LogP contribution in [-0.2, 0) is 9.53 Å². The Labute approximate surface area is 83.5 Å². The standard InChI is InChI=1S/C9H16N2O3/c1-4-5-6-10-9(13)11-7(2)8(12)14-3/h2,4-6H2,1,3H3,(H2,10,11,13). The molecule has 0 unspecified atom stereocenters. The van der Waals surface area contributed by atoms with Crippen molar-refractivity contribution in [2.24, 2.45) is 0 Å². The molecule has 2 amide bonds. The summed E-state index contributed by atoms with van der Waals surface area (Å²) in [6, 6.07) is -0.436. The van der Waals surface area contributed by atoms with Gasteiger partial charge in [0.15, 0.2) is 0 Å². The number of unbranched alkanes of at least 4 members (excludes halogenated alkanes) is 1. The van der Waals surface area contributed by atoms with Crippen LogP contribution in [0.4, 0.5) is 4.79 Å². The van der Waals surface area contributed by atoms with Crippen LogP contribution in [0.15, 0.2) is 12.3 Å². The summed E-state index contributed by atoms with van der Waals surface area (Å²) in [5, 5.41) is 4.85. The third-order valence-corrected chi connectivity index (χ3v) is 1.51. The molecule has 0 heterocycles.